The molecule has 0 aliphatic carbocycles. The molecule has 3 aromatic carbocycles. The summed E-state index contributed by atoms with van der Waals surface area (Å²) in [6.45, 7) is 2.10. The molecular weight excluding hydrogens is 348 g/mol. The van der Waals surface area contributed by atoms with Gasteiger partial charge in [0.25, 0.3) is 0 Å². The lowest BCUT2D eigenvalue weighted by Gasteiger charge is -2.26. The van der Waals surface area contributed by atoms with Crippen molar-refractivity contribution in [1.82, 2.24) is 5.32 Å². The second kappa shape index (κ2) is 8.81. The predicted molar refractivity (Wildman–Crippen MR) is 114 cm³/mol. The van der Waals surface area contributed by atoms with Crippen molar-refractivity contribution in [3.8, 4) is 28.4 Å². The summed E-state index contributed by atoms with van der Waals surface area (Å²) in [5.74, 6) is 2.45. The molecule has 0 aromatic heterocycles. The third-order valence-corrected chi connectivity index (χ3v) is 5.07. The van der Waals surface area contributed by atoms with Crippen molar-refractivity contribution >= 4 is 5.69 Å². The van der Waals surface area contributed by atoms with Crippen molar-refractivity contribution in [2.75, 3.05) is 25.5 Å². The van der Waals surface area contributed by atoms with E-state index in [9.17, 15) is 0 Å². The van der Waals surface area contributed by atoms with Gasteiger partial charge in [-0.1, -0.05) is 36.4 Å². The molecule has 0 unspecified atom stereocenters. The van der Waals surface area contributed by atoms with Gasteiger partial charge in [-0.15, -0.1) is 0 Å². The van der Waals surface area contributed by atoms with Gasteiger partial charge in [0.15, 0.2) is 5.75 Å². The molecule has 4 nitrogen and oxygen atoms in total. The van der Waals surface area contributed by atoms with Gasteiger partial charge in [0.1, 0.15) is 11.5 Å². The molecule has 1 heterocycles. The number of ether oxygens (including phenoxy) is 2. The van der Waals surface area contributed by atoms with Gasteiger partial charge in [-0.25, -0.2) is 0 Å². The van der Waals surface area contributed by atoms with Gasteiger partial charge in [-0.3, -0.25) is 0 Å². The summed E-state index contributed by atoms with van der Waals surface area (Å²) in [5, 5.41) is 7.09. The van der Waals surface area contributed by atoms with Crippen LogP contribution in [0.2, 0.25) is 0 Å². The van der Waals surface area contributed by atoms with Crippen molar-refractivity contribution < 1.29 is 9.47 Å². The molecule has 2 N–H and O–H groups in total. The Morgan fingerprint density at radius 3 is 2.25 bits per heavy atom. The molecule has 28 heavy (non-hydrogen) atoms. The van der Waals surface area contributed by atoms with Crippen molar-refractivity contribution in [3.63, 3.8) is 0 Å². The Kier molecular flexibility index (Phi) is 5.78. The van der Waals surface area contributed by atoms with E-state index >= 15 is 0 Å². The monoisotopic (exact) mass is 374 g/mol. The van der Waals surface area contributed by atoms with Crippen molar-refractivity contribution in [2.45, 2.75) is 18.9 Å². The van der Waals surface area contributed by atoms with E-state index in [4.69, 9.17) is 9.47 Å². The maximum absolute atomic E-state index is 6.28. The fraction of sp³-hybridized carbons (Fsp3) is 0.250. The summed E-state index contributed by atoms with van der Waals surface area (Å²) in [5.41, 5.74) is 3.35. The van der Waals surface area contributed by atoms with Gasteiger partial charge in [0, 0.05) is 6.04 Å². The van der Waals surface area contributed by atoms with E-state index < -0.39 is 0 Å². The van der Waals surface area contributed by atoms with E-state index in [1.54, 1.807) is 7.11 Å². The molecule has 0 radical (unpaired) electrons. The Labute approximate surface area is 166 Å². The largest absolute Gasteiger partial charge is 0.497 e. The number of benzene rings is 3. The predicted octanol–water partition coefficient (Wildman–Crippen LogP) is 5.32. The van der Waals surface area contributed by atoms with Crippen LogP contribution in [0.5, 0.6) is 17.2 Å². The Morgan fingerprint density at radius 2 is 1.54 bits per heavy atom. The summed E-state index contributed by atoms with van der Waals surface area (Å²) in [7, 11) is 1.67. The van der Waals surface area contributed by atoms with E-state index in [-0.39, 0.29) is 0 Å². The number of methoxy groups -OCH3 is 1. The number of rotatable bonds is 6. The smallest absolute Gasteiger partial charge is 0.151 e. The SMILES string of the molecule is COc1ccc(Oc2cc(-c3ccccc3)ccc2NC2CCNCC2)cc1. The lowest BCUT2D eigenvalue weighted by molar-refractivity contribution is 0.413. The second-order valence-corrected chi connectivity index (χ2v) is 7.02. The minimum absolute atomic E-state index is 0.460. The number of nitrogens with one attached hydrogen (secondary N) is 2. The molecule has 1 saturated heterocycles. The first-order valence-electron chi connectivity index (χ1n) is 9.80. The number of piperidine rings is 1. The van der Waals surface area contributed by atoms with E-state index in [0.29, 0.717) is 6.04 Å². The molecule has 1 fully saturated rings. The number of anilines is 1. The van der Waals surface area contributed by atoms with Crippen LogP contribution in [0.25, 0.3) is 11.1 Å². The van der Waals surface area contributed by atoms with Gasteiger partial charge in [-0.05, 0) is 73.5 Å². The van der Waals surface area contributed by atoms with Gasteiger partial charge < -0.3 is 20.1 Å². The van der Waals surface area contributed by atoms with Crippen LogP contribution >= 0.6 is 0 Å². The fourth-order valence-electron chi connectivity index (χ4n) is 3.49. The molecule has 0 amide bonds. The maximum Gasteiger partial charge on any atom is 0.151 e. The summed E-state index contributed by atoms with van der Waals surface area (Å²) >= 11 is 0. The molecule has 0 bridgehead atoms. The Hall–Kier alpha value is -2.98. The summed E-state index contributed by atoms with van der Waals surface area (Å²) in [4.78, 5) is 0. The molecule has 4 rings (SSSR count). The number of hydrogen-bond acceptors (Lipinski definition) is 4. The van der Waals surface area contributed by atoms with Crippen LogP contribution in [0.15, 0.2) is 72.8 Å². The minimum atomic E-state index is 0.460. The maximum atomic E-state index is 6.28. The molecule has 3 aromatic rings. The van der Waals surface area contributed by atoms with Crippen molar-refractivity contribution in [3.05, 3.63) is 72.8 Å². The third-order valence-electron chi connectivity index (χ3n) is 5.07. The molecule has 144 valence electrons. The number of hydrogen-bond donors (Lipinski definition) is 2. The van der Waals surface area contributed by atoms with Crippen molar-refractivity contribution in [1.29, 1.82) is 0 Å². The van der Waals surface area contributed by atoms with Gasteiger partial charge >= 0.3 is 0 Å². The van der Waals surface area contributed by atoms with Crippen LogP contribution in [0.1, 0.15) is 12.8 Å². The Balaban J connectivity index is 1.63. The summed E-state index contributed by atoms with van der Waals surface area (Å²) in [6, 6.07) is 24.9. The normalized spacial score (nSPS) is 14.5. The average molecular weight is 374 g/mol. The topological polar surface area (TPSA) is 42.5 Å². The van der Waals surface area contributed by atoms with Crippen LogP contribution in [0, 0.1) is 0 Å². The van der Waals surface area contributed by atoms with Crippen LogP contribution in [0.4, 0.5) is 5.69 Å². The highest BCUT2D eigenvalue weighted by atomic mass is 16.5. The van der Waals surface area contributed by atoms with Gasteiger partial charge in [0.05, 0.1) is 12.8 Å². The van der Waals surface area contributed by atoms with Crippen molar-refractivity contribution in [2.24, 2.45) is 0 Å². The first-order chi connectivity index (χ1) is 13.8. The molecule has 1 aliphatic heterocycles. The Bertz CT molecular complexity index is 888. The van der Waals surface area contributed by atoms with E-state index in [1.165, 1.54) is 5.56 Å². The molecule has 0 spiro atoms. The minimum Gasteiger partial charge on any atom is -0.497 e. The van der Waals surface area contributed by atoms with Gasteiger partial charge in [0.2, 0.25) is 0 Å². The first kappa shape index (κ1) is 18.4. The van der Waals surface area contributed by atoms with Crippen LogP contribution in [-0.4, -0.2) is 26.2 Å². The highest BCUT2D eigenvalue weighted by Gasteiger charge is 2.16. The molecular formula is C24H26N2O2. The lowest BCUT2D eigenvalue weighted by atomic mass is 10.0. The van der Waals surface area contributed by atoms with Gasteiger partial charge in [-0.2, -0.15) is 0 Å². The third kappa shape index (κ3) is 4.46. The molecule has 0 saturated carbocycles. The standard InChI is InChI=1S/C24H26N2O2/c1-27-21-8-10-22(11-9-21)28-24-17-19(18-5-3-2-4-6-18)7-12-23(24)26-20-13-15-25-16-14-20/h2-12,17,20,25-26H,13-16H2,1H3. The second-order valence-electron chi connectivity index (χ2n) is 7.02. The first-order valence-corrected chi connectivity index (χ1v) is 9.80. The average Bonchev–Trinajstić information content (AvgIpc) is 2.77. The van der Waals surface area contributed by atoms with E-state index in [2.05, 4.69) is 53.1 Å². The highest BCUT2D eigenvalue weighted by molar-refractivity contribution is 5.71. The zero-order chi connectivity index (χ0) is 19.2. The summed E-state index contributed by atoms with van der Waals surface area (Å²) in [6.07, 6.45) is 2.23. The van der Waals surface area contributed by atoms with Crippen LogP contribution in [0.3, 0.4) is 0 Å². The quantitative estimate of drug-likeness (QED) is 0.613. The van der Waals surface area contributed by atoms with Crippen LogP contribution < -0.4 is 20.1 Å². The van der Waals surface area contributed by atoms with Crippen LogP contribution in [-0.2, 0) is 0 Å². The highest BCUT2D eigenvalue weighted by Crippen LogP contribution is 2.35. The van der Waals surface area contributed by atoms with E-state index in [1.807, 2.05) is 30.3 Å². The zero-order valence-electron chi connectivity index (χ0n) is 16.2. The Morgan fingerprint density at radius 1 is 0.821 bits per heavy atom. The fourth-order valence-corrected chi connectivity index (χ4v) is 3.49. The lowest BCUT2D eigenvalue weighted by Crippen LogP contribution is -2.35. The van der Waals surface area contributed by atoms with E-state index in [0.717, 1.165) is 54.4 Å². The zero-order valence-corrected chi connectivity index (χ0v) is 16.2. The molecule has 4 heteroatoms. The summed E-state index contributed by atoms with van der Waals surface area (Å²) < 4.78 is 11.5. The molecule has 1 aliphatic rings. The molecule has 0 atom stereocenters.